The Bertz CT molecular complexity index is 373. The summed E-state index contributed by atoms with van der Waals surface area (Å²) in [7, 11) is 0. The lowest BCUT2D eigenvalue weighted by molar-refractivity contribution is 0.0530. The minimum atomic E-state index is -0.181. The molecule has 2 N–H and O–H groups in total. The fraction of sp³-hybridized carbons (Fsp3) is 0.545. The fourth-order valence-corrected chi connectivity index (χ4v) is 2.97. The number of esters is 1. The van der Waals surface area contributed by atoms with Gasteiger partial charge in [-0.2, -0.15) is 0 Å². The quantitative estimate of drug-likeness (QED) is 0.780. The number of nitrogens with two attached hydrogens (primary N) is 1. The summed E-state index contributed by atoms with van der Waals surface area (Å²) in [6, 6.07) is 0.252. The van der Waals surface area contributed by atoms with Crippen molar-refractivity contribution in [1.29, 1.82) is 0 Å². The van der Waals surface area contributed by atoms with Gasteiger partial charge in [0.05, 0.1) is 6.61 Å². The van der Waals surface area contributed by atoms with Crippen molar-refractivity contribution in [2.75, 3.05) is 6.61 Å². The Morgan fingerprint density at radius 2 is 2.53 bits per heavy atom. The third kappa shape index (κ3) is 2.06. The van der Waals surface area contributed by atoms with Crippen LogP contribution in [0, 0.1) is 0 Å². The summed E-state index contributed by atoms with van der Waals surface area (Å²) >= 11 is 1.49. The van der Waals surface area contributed by atoms with Gasteiger partial charge in [0.15, 0.2) is 0 Å². The first kappa shape index (κ1) is 10.6. The van der Waals surface area contributed by atoms with Gasteiger partial charge in [0.2, 0.25) is 0 Å². The molecule has 1 aromatic heterocycles. The smallest absolute Gasteiger partial charge is 0.348 e. The van der Waals surface area contributed by atoms with Gasteiger partial charge >= 0.3 is 5.97 Å². The van der Waals surface area contributed by atoms with Crippen LogP contribution in [0.2, 0.25) is 0 Å². The van der Waals surface area contributed by atoms with Crippen LogP contribution in [0.5, 0.6) is 0 Å². The van der Waals surface area contributed by atoms with E-state index in [1.807, 2.05) is 12.3 Å². The molecule has 1 aliphatic carbocycles. The van der Waals surface area contributed by atoms with Crippen molar-refractivity contribution in [2.45, 2.75) is 32.2 Å². The van der Waals surface area contributed by atoms with E-state index in [2.05, 4.69) is 0 Å². The number of hydrogen-bond donors (Lipinski definition) is 1. The van der Waals surface area contributed by atoms with Gasteiger partial charge in [-0.1, -0.05) is 0 Å². The lowest BCUT2D eigenvalue weighted by atomic mass is 9.90. The molecule has 2 rings (SSSR count). The number of hydrogen-bond acceptors (Lipinski definition) is 4. The van der Waals surface area contributed by atoms with Gasteiger partial charge in [-0.25, -0.2) is 4.79 Å². The molecule has 15 heavy (non-hydrogen) atoms. The molecule has 0 spiro atoms. The SMILES string of the molecule is CCOC(=O)c1scc2c1CCC(N)C2. The average molecular weight is 225 g/mol. The summed E-state index contributed by atoms with van der Waals surface area (Å²) in [6.07, 6.45) is 2.77. The Kier molecular flexibility index (Phi) is 3.07. The highest BCUT2D eigenvalue weighted by molar-refractivity contribution is 7.12. The molecule has 0 saturated carbocycles. The molecular formula is C11H15NO2S. The Morgan fingerprint density at radius 3 is 3.27 bits per heavy atom. The molecule has 1 atom stereocenters. The molecule has 1 aliphatic rings. The van der Waals surface area contributed by atoms with Crippen molar-refractivity contribution < 1.29 is 9.53 Å². The maximum absolute atomic E-state index is 11.6. The molecule has 0 aromatic carbocycles. The van der Waals surface area contributed by atoms with Crippen LogP contribution in [0.1, 0.15) is 34.1 Å². The first-order valence-electron chi connectivity index (χ1n) is 5.24. The van der Waals surface area contributed by atoms with Crippen molar-refractivity contribution in [3.05, 3.63) is 21.4 Å². The minimum absolute atomic E-state index is 0.181. The number of rotatable bonds is 2. The maximum atomic E-state index is 11.6. The molecular weight excluding hydrogens is 210 g/mol. The van der Waals surface area contributed by atoms with Gasteiger partial charge < -0.3 is 10.5 Å². The largest absolute Gasteiger partial charge is 0.462 e. The van der Waals surface area contributed by atoms with Crippen molar-refractivity contribution >= 4 is 17.3 Å². The van der Waals surface area contributed by atoms with Gasteiger partial charge in [0.1, 0.15) is 4.88 Å². The molecule has 3 nitrogen and oxygen atoms in total. The molecule has 4 heteroatoms. The van der Waals surface area contributed by atoms with E-state index in [-0.39, 0.29) is 12.0 Å². The van der Waals surface area contributed by atoms with Crippen molar-refractivity contribution in [3.8, 4) is 0 Å². The fourth-order valence-electron chi connectivity index (χ4n) is 1.95. The summed E-state index contributed by atoms with van der Waals surface area (Å²) in [5.74, 6) is -0.181. The molecule has 0 amide bonds. The number of carbonyl (C=O) groups is 1. The van der Waals surface area contributed by atoms with Crippen LogP contribution >= 0.6 is 11.3 Å². The standard InChI is InChI=1S/C11H15NO2S/c1-2-14-11(13)10-9-4-3-8(12)5-7(9)6-15-10/h6,8H,2-5,12H2,1H3. The zero-order valence-corrected chi connectivity index (χ0v) is 9.60. The summed E-state index contributed by atoms with van der Waals surface area (Å²) in [5, 5.41) is 2.04. The highest BCUT2D eigenvalue weighted by Crippen LogP contribution is 2.29. The van der Waals surface area contributed by atoms with Crippen LogP contribution in [0.15, 0.2) is 5.38 Å². The van der Waals surface area contributed by atoms with Gasteiger partial charge in [0.25, 0.3) is 0 Å². The van der Waals surface area contributed by atoms with Crippen LogP contribution in [0.3, 0.4) is 0 Å². The van der Waals surface area contributed by atoms with Crippen LogP contribution < -0.4 is 5.73 Å². The second-order valence-electron chi connectivity index (χ2n) is 3.79. The van der Waals surface area contributed by atoms with Gasteiger partial charge in [-0.3, -0.25) is 0 Å². The summed E-state index contributed by atoms with van der Waals surface area (Å²) in [6.45, 7) is 2.26. The van der Waals surface area contributed by atoms with E-state index < -0.39 is 0 Å². The van der Waals surface area contributed by atoms with Crippen molar-refractivity contribution in [1.82, 2.24) is 0 Å². The van der Waals surface area contributed by atoms with Crippen LogP contribution in [-0.2, 0) is 17.6 Å². The van der Waals surface area contributed by atoms with Crippen LogP contribution in [0.25, 0.3) is 0 Å². The molecule has 0 bridgehead atoms. The van der Waals surface area contributed by atoms with Crippen LogP contribution in [0.4, 0.5) is 0 Å². The predicted molar refractivity (Wildman–Crippen MR) is 60.3 cm³/mol. The second kappa shape index (κ2) is 4.33. The van der Waals surface area contributed by atoms with Gasteiger partial charge in [0, 0.05) is 6.04 Å². The number of carbonyl (C=O) groups excluding carboxylic acids is 1. The second-order valence-corrected chi connectivity index (χ2v) is 4.67. The van der Waals surface area contributed by atoms with Crippen LogP contribution in [-0.4, -0.2) is 18.6 Å². The third-order valence-corrected chi connectivity index (χ3v) is 3.74. The lowest BCUT2D eigenvalue weighted by Gasteiger charge is -2.18. The normalized spacial score (nSPS) is 19.7. The number of ether oxygens (including phenoxy) is 1. The van der Waals surface area contributed by atoms with E-state index in [0.717, 1.165) is 24.1 Å². The zero-order chi connectivity index (χ0) is 10.8. The van der Waals surface area contributed by atoms with E-state index in [0.29, 0.717) is 6.61 Å². The Balaban J connectivity index is 2.24. The molecule has 0 aliphatic heterocycles. The van der Waals surface area contributed by atoms with Gasteiger partial charge in [-0.05, 0) is 42.7 Å². The summed E-state index contributed by atoms with van der Waals surface area (Å²) < 4.78 is 5.02. The summed E-state index contributed by atoms with van der Waals surface area (Å²) in [5.41, 5.74) is 8.29. The lowest BCUT2D eigenvalue weighted by Crippen LogP contribution is -2.27. The zero-order valence-electron chi connectivity index (χ0n) is 8.79. The van der Waals surface area contributed by atoms with E-state index in [4.69, 9.17) is 10.5 Å². The molecule has 0 saturated heterocycles. The minimum Gasteiger partial charge on any atom is -0.462 e. The Morgan fingerprint density at radius 1 is 1.73 bits per heavy atom. The highest BCUT2D eigenvalue weighted by atomic mass is 32.1. The molecule has 0 radical (unpaired) electrons. The number of thiophene rings is 1. The average Bonchev–Trinajstić information content (AvgIpc) is 2.60. The first-order valence-corrected chi connectivity index (χ1v) is 6.12. The Hall–Kier alpha value is -0.870. The third-order valence-electron chi connectivity index (χ3n) is 2.69. The van der Waals surface area contributed by atoms with Crippen molar-refractivity contribution in [3.63, 3.8) is 0 Å². The molecule has 1 aromatic rings. The molecule has 82 valence electrons. The topological polar surface area (TPSA) is 52.3 Å². The molecule has 0 fully saturated rings. The monoisotopic (exact) mass is 225 g/mol. The highest BCUT2D eigenvalue weighted by Gasteiger charge is 2.23. The van der Waals surface area contributed by atoms with E-state index in [1.165, 1.54) is 22.5 Å². The van der Waals surface area contributed by atoms with Gasteiger partial charge in [-0.15, -0.1) is 11.3 Å². The Labute approximate surface area is 93.2 Å². The predicted octanol–water partition coefficient (Wildman–Crippen LogP) is 1.74. The maximum Gasteiger partial charge on any atom is 0.348 e. The molecule has 1 unspecified atom stereocenters. The first-order chi connectivity index (χ1) is 7.22. The van der Waals surface area contributed by atoms with Crippen molar-refractivity contribution in [2.24, 2.45) is 5.73 Å². The number of fused-ring (bicyclic) bond motifs is 1. The van der Waals surface area contributed by atoms with E-state index in [1.54, 1.807) is 0 Å². The van der Waals surface area contributed by atoms with E-state index in [9.17, 15) is 4.79 Å². The van der Waals surface area contributed by atoms with E-state index >= 15 is 0 Å². The summed E-state index contributed by atoms with van der Waals surface area (Å²) in [4.78, 5) is 12.4. The molecule has 1 heterocycles.